The van der Waals surface area contributed by atoms with Crippen molar-refractivity contribution in [2.75, 3.05) is 4.43 Å². The number of hydrogen-bond donors (Lipinski definition) is 1. The summed E-state index contributed by atoms with van der Waals surface area (Å²) in [6.45, 7) is 1.93. The smallest absolute Gasteiger partial charge is 0.172 e. The number of hydrogen-bond acceptors (Lipinski definition) is 3. The van der Waals surface area contributed by atoms with Gasteiger partial charge in [-0.2, -0.15) is 0 Å². The second kappa shape index (κ2) is 10.2. The Morgan fingerprint density at radius 3 is 2.61 bits per heavy atom. The van der Waals surface area contributed by atoms with Crippen LogP contribution in [-0.4, -0.2) is 20.3 Å². The molecule has 0 radical (unpaired) electrons. The number of benzene rings is 3. The molecule has 0 saturated heterocycles. The van der Waals surface area contributed by atoms with Crippen molar-refractivity contribution in [1.82, 2.24) is 4.98 Å². The number of carbonyl (C=O) groups is 1. The molecule has 3 nitrogen and oxygen atoms in total. The molecule has 1 N–H and O–H groups in total. The largest absolute Gasteiger partial charge is 0.380 e. The van der Waals surface area contributed by atoms with Crippen LogP contribution in [0.5, 0.6) is 0 Å². The van der Waals surface area contributed by atoms with E-state index in [-0.39, 0.29) is 5.78 Å². The normalized spacial score (nSPS) is 13.3. The summed E-state index contributed by atoms with van der Waals surface area (Å²) in [7, 11) is 0. The number of aliphatic hydroxyl groups is 1. The van der Waals surface area contributed by atoms with Gasteiger partial charge in [-0.15, -0.1) is 0 Å². The number of aromatic nitrogens is 1. The summed E-state index contributed by atoms with van der Waals surface area (Å²) in [6, 6.07) is 24.7. The number of nitrogens with zero attached hydrogens (tertiary/aromatic N) is 1. The average molecular weight is 568 g/mol. The van der Waals surface area contributed by atoms with E-state index in [4.69, 9.17) is 11.6 Å². The Morgan fingerprint density at radius 1 is 1.03 bits per heavy atom. The van der Waals surface area contributed by atoms with Crippen LogP contribution in [0.15, 0.2) is 78.9 Å². The first-order valence-electron chi connectivity index (χ1n) is 10.7. The van der Waals surface area contributed by atoms with Gasteiger partial charge in [0.2, 0.25) is 0 Å². The molecule has 33 heavy (non-hydrogen) atoms. The first-order valence-corrected chi connectivity index (χ1v) is 12.6. The second-order valence-corrected chi connectivity index (χ2v) is 9.05. The van der Waals surface area contributed by atoms with E-state index < -0.39 is 5.60 Å². The molecule has 4 aromatic rings. The Labute approximate surface area is 212 Å². The third-order valence-electron chi connectivity index (χ3n) is 5.79. The maximum atomic E-state index is 12.5. The number of ketones is 1. The van der Waals surface area contributed by atoms with E-state index in [1.165, 1.54) is 0 Å². The van der Waals surface area contributed by atoms with Gasteiger partial charge >= 0.3 is 0 Å². The van der Waals surface area contributed by atoms with Crippen LogP contribution >= 0.6 is 34.2 Å². The average Bonchev–Trinajstić information content (AvgIpc) is 2.86. The maximum Gasteiger partial charge on any atom is 0.172 e. The zero-order valence-electron chi connectivity index (χ0n) is 18.1. The highest BCUT2D eigenvalue weighted by molar-refractivity contribution is 14.1. The molecule has 0 spiro atoms. The molecule has 1 aromatic heterocycles. The first-order chi connectivity index (χ1) is 15.9. The fourth-order valence-corrected chi connectivity index (χ4v) is 4.57. The number of carbonyl (C=O) groups excluding carboxylic acids is 1. The Balaban J connectivity index is 1.69. The standard InChI is InChI=1S/C28H23ClINO2/c1-2-28(33,25-9-4-3-8-24(25)27(32)18-30)21-7-5-6-19(16-21)10-14-23-15-12-20-11-13-22(29)17-26(20)31-23/h3-17,33H,2,18H2,1H3. The number of alkyl halides is 1. The summed E-state index contributed by atoms with van der Waals surface area (Å²) < 4.78 is 0.362. The number of pyridine rings is 1. The SMILES string of the molecule is CCC(O)(c1cccc(C=Cc2ccc3ccc(Cl)cc3n2)c1)c1ccccc1C(=O)CI. The minimum Gasteiger partial charge on any atom is -0.380 e. The van der Waals surface area contributed by atoms with Crippen molar-refractivity contribution >= 4 is 63.0 Å². The Bertz CT molecular complexity index is 1350. The topological polar surface area (TPSA) is 50.2 Å². The van der Waals surface area contributed by atoms with Crippen LogP contribution in [0.3, 0.4) is 0 Å². The molecule has 3 aromatic carbocycles. The number of rotatable bonds is 7. The van der Waals surface area contributed by atoms with E-state index in [0.29, 0.717) is 27.0 Å². The minimum atomic E-state index is -1.26. The van der Waals surface area contributed by atoms with Gasteiger partial charge in [0.25, 0.3) is 0 Å². The van der Waals surface area contributed by atoms with Crippen LogP contribution < -0.4 is 0 Å². The first kappa shape index (κ1) is 23.6. The van der Waals surface area contributed by atoms with Gasteiger partial charge in [-0.3, -0.25) is 4.79 Å². The molecule has 166 valence electrons. The van der Waals surface area contributed by atoms with Gasteiger partial charge in [0.15, 0.2) is 5.78 Å². The molecular weight excluding hydrogens is 545 g/mol. The molecule has 0 fully saturated rings. The Kier molecular flexibility index (Phi) is 7.27. The lowest BCUT2D eigenvalue weighted by molar-refractivity contribution is 0.0740. The summed E-state index contributed by atoms with van der Waals surface area (Å²) in [5.41, 5.74) is 3.29. The van der Waals surface area contributed by atoms with Crippen LogP contribution in [-0.2, 0) is 5.60 Å². The van der Waals surface area contributed by atoms with Gasteiger partial charge in [-0.05, 0) is 53.5 Å². The molecule has 4 rings (SSSR count). The molecule has 1 unspecified atom stereocenters. The van der Waals surface area contributed by atoms with Gasteiger partial charge in [0, 0.05) is 16.0 Å². The van der Waals surface area contributed by atoms with E-state index in [1.54, 1.807) is 6.07 Å². The third kappa shape index (κ3) is 5.03. The molecule has 5 heteroatoms. The lowest BCUT2D eigenvalue weighted by atomic mass is 9.80. The third-order valence-corrected chi connectivity index (χ3v) is 6.72. The zero-order chi connectivity index (χ0) is 23.4. The van der Waals surface area contributed by atoms with Crippen molar-refractivity contribution in [3.05, 3.63) is 112 Å². The van der Waals surface area contributed by atoms with E-state index in [9.17, 15) is 9.90 Å². The van der Waals surface area contributed by atoms with E-state index in [0.717, 1.165) is 27.7 Å². The van der Waals surface area contributed by atoms with Gasteiger partial charge in [-0.25, -0.2) is 4.98 Å². The van der Waals surface area contributed by atoms with Gasteiger partial charge in [0.1, 0.15) is 5.60 Å². The van der Waals surface area contributed by atoms with Crippen molar-refractivity contribution in [2.45, 2.75) is 18.9 Å². The molecule has 0 aliphatic rings. The second-order valence-electron chi connectivity index (χ2n) is 7.85. The summed E-state index contributed by atoms with van der Waals surface area (Å²) in [6.07, 6.45) is 4.36. The molecular formula is C28H23ClINO2. The van der Waals surface area contributed by atoms with Crippen molar-refractivity contribution in [3.63, 3.8) is 0 Å². The van der Waals surface area contributed by atoms with Crippen LogP contribution in [0.25, 0.3) is 23.1 Å². The quantitative estimate of drug-likeness (QED) is 0.145. The van der Waals surface area contributed by atoms with Crippen LogP contribution in [0, 0.1) is 0 Å². The van der Waals surface area contributed by atoms with E-state index in [1.807, 2.05) is 91.9 Å². The summed E-state index contributed by atoms with van der Waals surface area (Å²) in [5, 5.41) is 13.4. The number of halogens is 2. The zero-order valence-corrected chi connectivity index (χ0v) is 21.0. The van der Waals surface area contributed by atoms with Crippen molar-refractivity contribution in [2.24, 2.45) is 0 Å². The van der Waals surface area contributed by atoms with E-state index >= 15 is 0 Å². The number of Topliss-reactive ketones (excluding diaryl/α,β-unsaturated/α-hetero) is 1. The van der Waals surface area contributed by atoms with Crippen LogP contribution in [0.2, 0.25) is 5.02 Å². The Morgan fingerprint density at radius 2 is 1.82 bits per heavy atom. The highest BCUT2D eigenvalue weighted by atomic mass is 127. The molecule has 0 saturated carbocycles. The maximum absolute atomic E-state index is 12.5. The molecule has 1 heterocycles. The Hall–Kier alpha value is -2.54. The lowest BCUT2D eigenvalue weighted by Crippen LogP contribution is -2.29. The fourth-order valence-electron chi connectivity index (χ4n) is 3.99. The summed E-state index contributed by atoms with van der Waals surface area (Å²) >= 11 is 8.17. The fraction of sp³-hybridized carbons (Fsp3) is 0.143. The molecule has 0 amide bonds. The predicted octanol–water partition coefficient (Wildman–Crippen LogP) is 7.32. The molecule has 0 aliphatic carbocycles. The lowest BCUT2D eigenvalue weighted by Gasteiger charge is -2.30. The predicted molar refractivity (Wildman–Crippen MR) is 145 cm³/mol. The van der Waals surface area contributed by atoms with Crippen molar-refractivity contribution < 1.29 is 9.90 Å². The monoisotopic (exact) mass is 567 g/mol. The molecule has 0 aliphatic heterocycles. The summed E-state index contributed by atoms with van der Waals surface area (Å²) in [4.78, 5) is 17.2. The van der Waals surface area contributed by atoms with Gasteiger partial charge in [0.05, 0.1) is 15.6 Å². The molecule has 1 atom stereocenters. The van der Waals surface area contributed by atoms with Crippen LogP contribution in [0.1, 0.15) is 46.1 Å². The minimum absolute atomic E-state index is 0.0107. The highest BCUT2D eigenvalue weighted by Gasteiger charge is 2.33. The van der Waals surface area contributed by atoms with Crippen molar-refractivity contribution in [3.8, 4) is 0 Å². The van der Waals surface area contributed by atoms with Gasteiger partial charge in [-0.1, -0.05) is 102 Å². The molecule has 0 bridgehead atoms. The van der Waals surface area contributed by atoms with Crippen molar-refractivity contribution in [1.29, 1.82) is 0 Å². The highest BCUT2D eigenvalue weighted by Crippen LogP contribution is 2.36. The van der Waals surface area contributed by atoms with Crippen LogP contribution in [0.4, 0.5) is 0 Å². The number of fused-ring (bicyclic) bond motifs is 1. The summed E-state index contributed by atoms with van der Waals surface area (Å²) in [5.74, 6) is 0.0107. The van der Waals surface area contributed by atoms with Gasteiger partial charge < -0.3 is 5.11 Å². The van der Waals surface area contributed by atoms with E-state index in [2.05, 4.69) is 27.6 Å².